The van der Waals surface area contributed by atoms with Gasteiger partial charge >= 0.3 is 0 Å². The van der Waals surface area contributed by atoms with E-state index in [1.165, 1.54) is 11.4 Å². The van der Waals surface area contributed by atoms with Gasteiger partial charge in [0.25, 0.3) is 10.0 Å². The maximum absolute atomic E-state index is 12.2. The second-order valence-corrected chi connectivity index (χ2v) is 6.84. The number of hydrogen-bond acceptors (Lipinski definition) is 5. The number of carbonyl (C=O) groups is 1. The molecule has 4 N–H and O–H groups in total. The van der Waals surface area contributed by atoms with Crippen LogP contribution in [0.4, 0.5) is 5.69 Å². The first-order chi connectivity index (χ1) is 7.75. The number of nitrogens with two attached hydrogens (primary N) is 2. The lowest BCUT2D eigenvalue weighted by molar-refractivity contribution is -0.118. The fraction of sp³-hybridized carbons (Fsp3) is 0.444. The van der Waals surface area contributed by atoms with Crippen LogP contribution in [0.3, 0.4) is 0 Å². The third-order valence-corrected chi connectivity index (χ3v) is 5.50. The number of thiophene rings is 1. The summed E-state index contributed by atoms with van der Waals surface area (Å²) in [4.78, 5) is 10.9. The van der Waals surface area contributed by atoms with Crippen LogP contribution in [0.1, 0.15) is 13.8 Å². The summed E-state index contributed by atoms with van der Waals surface area (Å²) in [5.74, 6) is -0.688. The fourth-order valence-corrected chi connectivity index (χ4v) is 4.09. The first-order valence-corrected chi connectivity index (χ1v) is 7.21. The Labute approximate surface area is 104 Å². The number of anilines is 1. The number of carbonyl (C=O) groups excluding carboxylic acids is 1. The Kier molecular flexibility index (Phi) is 4.12. The summed E-state index contributed by atoms with van der Waals surface area (Å²) >= 11 is 1.02. The Morgan fingerprint density at radius 1 is 1.53 bits per heavy atom. The van der Waals surface area contributed by atoms with Gasteiger partial charge in [-0.05, 0) is 19.9 Å². The topological polar surface area (TPSA) is 106 Å². The summed E-state index contributed by atoms with van der Waals surface area (Å²) in [7, 11) is -3.70. The van der Waals surface area contributed by atoms with Crippen LogP contribution >= 0.6 is 11.3 Å². The second-order valence-electron chi connectivity index (χ2n) is 3.81. The van der Waals surface area contributed by atoms with Crippen LogP contribution in [0, 0.1) is 0 Å². The fourth-order valence-electron chi connectivity index (χ4n) is 1.28. The summed E-state index contributed by atoms with van der Waals surface area (Å²) < 4.78 is 25.6. The Bertz CT molecular complexity index is 507. The molecule has 0 bridgehead atoms. The summed E-state index contributed by atoms with van der Waals surface area (Å²) in [6, 6.07) is 1.02. The number of sulfonamides is 1. The van der Waals surface area contributed by atoms with E-state index in [1.807, 2.05) is 0 Å². The van der Waals surface area contributed by atoms with Crippen LogP contribution in [0.5, 0.6) is 0 Å². The zero-order valence-electron chi connectivity index (χ0n) is 9.58. The third-order valence-electron chi connectivity index (χ3n) is 2.05. The van der Waals surface area contributed by atoms with Crippen LogP contribution in [0.25, 0.3) is 0 Å². The predicted octanol–water partition coefficient (Wildman–Crippen LogP) is 0.215. The highest BCUT2D eigenvalue weighted by Gasteiger charge is 2.29. The Balaban J connectivity index is 3.13. The molecule has 1 rings (SSSR count). The first kappa shape index (κ1) is 13.9. The van der Waals surface area contributed by atoms with E-state index in [0.29, 0.717) is 5.69 Å². The standard InChI is InChI=1S/C9H15N3O3S2/c1-6(2)12(4-8(11)13)17(14,15)9-3-7(10)5-16-9/h3,5-6H,4,10H2,1-2H3,(H2,11,13). The molecule has 0 atom stereocenters. The average Bonchev–Trinajstić information content (AvgIpc) is 2.61. The smallest absolute Gasteiger partial charge is 0.253 e. The van der Waals surface area contributed by atoms with Gasteiger partial charge < -0.3 is 11.5 Å². The Morgan fingerprint density at radius 2 is 2.12 bits per heavy atom. The lowest BCUT2D eigenvalue weighted by atomic mass is 10.4. The molecular weight excluding hydrogens is 262 g/mol. The van der Waals surface area contributed by atoms with Gasteiger partial charge in [-0.15, -0.1) is 11.3 Å². The number of nitrogen functional groups attached to an aromatic ring is 1. The number of amides is 1. The van der Waals surface area contributed by atoms with Gasteiger partial charge in [0, 0.05) is 17.1 Å². The van der Waals surface area contributed by atoms with Gasteiger partial charge in [-0.1, -0.05) is 0 Å². The maximum Gasteiger partial charge on any atom is 0.253 e. The number of rotatable bonds is 5. The molecule has 0 aliphatic heterocycles. The van der Waals surface area contributed by atoms with E-state index < -0.39 is 15.9 Å². The predicted molar refractivity (Wildman–Crippen MR) is 67.0 cm³/mol. The second kappa shape index (κ2) is 5.03. The monoisotopic (exact) mass is 277 g/mol. The van der Waals surface area contributed by atoms with Gasteiger partial charge in [0.05, 0.1) is 6.54 Å². The summed E-state index contributed by atoms with van der Waals surface area (Å²) in [5, 5.41) is 1.54. The summed E-state index contributed by atoms with van der Waals surface area (Å²) in [6.45, 7) is 3.02. The molecule has 1 aromatic rings. The molecule has 6 nitrogen and oxygen atoms in total. The molecule has 0 unspecified atom stereocenters. The van der Waals surface area contributed by atoms with Crippen molar-refractivity contribution in [3.63, 3.8) is 0 Å². The van der Waals surface area contributed by atoms with Crippen molar-refractivity contribution in [1.29, 1.82) is 0 Å². The molecule has 0 aromatic carbocycles. The molecule has 0 radical (unpaired) electrons. The first-order valence-electron chi connectivity index (χ1n) is 4.89. The van der Waals surface area contributed by atoms with Crippen molar-refractivity contribution < 1.29 is 13.2 Å². The van der Waals surface area contributed by atoms with Crippen molar-refractivity contribution >= 4 is 33.0 Å². The quantitative estimate of drug-likeness (QED) is 0.802. The molecule has 17 heavy (non-hydrogen) atoms. The summed E-state index contributed by atoms with van der Waals surface area (Å²) in [5.41, 5.74) is 10.9. The molecule has 8 heteroatoms. The van der Waals surface area contributed by atoms with Crippen LogP contribution in [0.15, 0.2) is 15.7 Å². The molecule has 1 aromatic heterocycles. The van der Waals surface area contributed by atoms with Crippen molar-refractivity contribution in [3.8, 4) is 0 Å². The molecule has 0 fully saturated rings. The molecule has 0 aliphatic rings. The molecule has 0 saturated heterocycles. The lowest BCUT2D eigenvalue weighted by Crippen LogP contribution is -2.42. The number of primary amides is 1. The Morgan fingerprint density at radius 3 is 2.47 bits per heavy atom. The van der Waals surface area contributed by atoms with E-state index in [-0.39, 0.29) is 16.8 Å². The SMILES string of the molecule is CC(C)N(CC(N)=O)S(=O)(=O)c1cc(N)cs1. The van der Waals surface area contributed by atoms with Crippen molar-refractivity contribution in [2.24, 2.45) is 5.73 Å². The highest BCUT2D eigenvalue weighted by molar-refractivity contribution is 7.91. The maximum atomic E-state index is 12.2. The van der Waals surface area contributed by atoms with E-state index in [1.54, 1.807) is 13.8 Å². The number of hydrogen-bond donors (Lipinski definition) is 2. The normalized spacial score (nSPS) is 12.2. The highest BCUT2D eigenvalue weighted by atomic mass is 32.2. The molecule has 0 aliphatic carbocycles. The van der Waals surface area contributed by atoms with Crippen molar-refractivity contribution in [1.82, 2.24) is 4.31 Å². The van der Waals surface area contributed by atoms with E-state index in [4.69, 9.17) is 11.5 Å². The molecule has 0 saturated carbocycles. The van der Waals surface area contributed by atoms with Gasteiger partial charge in [0.2, 0.25) is 5.91 Å². The van der Waals surface area contributed by atoms with E-state index in [2.05, 4.69) is 0 Å². The molecule has 0 spiro atoms. The Hall–Kier alpha value is -1.12. The van der Waals surface area contributed by atoms with Crippen molar-refractivity contribution in [3.05, 3.63) is 11.4 Å². The third kappa shape index (κ3) is 3.18. The van der Waals surface area contributed by atoms with Crippen LogP contribution in [0.2, 0.25) is 0 Å². The lowest BCUT2D eigenvalue weighted by Gasteiger charge is -2.23. The van der Waals surface area contributed by atoms with Gasteiger partial charge in [0.15, 0.2) is 0 Å². The van der Waals surface area contributed by atoms with E-state index >= 15 is 0 Å². The van der Waals surface area contributed by atoms with Crippen LogP contribution in [-0.4, -0.2) is 31.2 Å². The minimum absolute atomic E-state index is 0.116. The van der Waals surface area contributed by atoms with Crippen molar-refractivity contribution in [2.75, 3.05) is 12.3 Å². The van der Waals surface area contributed by atoms with E-state index in [0.717, 1.165) is 15.6 Å². The van der Waals surface area contributed by atoms with Gasteiger partial charge in [-0.3, -0.25) is 4.79 Å². The average molecular weight is 277 g/mol. The minimum atomic E-state index is -3.70. The zero-order chi connectivity index (χ0) is 13.2. The van der Waals surface area contributed by atoms with Gasteiger partial charge in [-0.2, -0.15) is 4.31 Å². The molecule has 1 amide bonds. The molecular formula is C9H15N3O3S2. The van der Waals surface area contributed by atoms with Crippen molar-refractivity contribution in [2.45, 2.75) is 24.1 Å². The number of nitrogens with zero attached hydrogens (tertiary/aromatic N) is 1. The minimum Gasteiger partial charge on any atom is -0.398 e. The van der Waals surface area contributed by atoms with Crippen LogP contribution < -0.4 is 11.5 Å². The zero-order valence-corrected chi connectivity index (χ0v) is 11.2. The summed E-state index contributed by atoms with van der Waals surface area (Å²) in [6.07, 6.45) is 0. The van der Waals surface area contributed by atoms with Gasteiger partial charge in [-0.25, -0.2) is 8.42 Å². The molecule has 96 valence electrons. The van der Waals surface area contributed by atoms with Gasteiger partial charge in [0.1, 0.15) is 4.21 Å². The highest BCUT2D eigenvalue weighted by Crippen LogP contribution is 2.26. The largest absolute Gasteiger partial charge is 0.398 e. The van der Waals surface area contributed by atoms with Crippen LogP contribution in [-0.2, 0) is 14.8 Å². The van der Waals surface area contributed by atoms with E-state index in [9.17, 15) is 13.2 Å². The molecule has 1 heterocycles.